The van der Waals surface area contributed by atoms with Gasteiger partial charge in [0.1, 0.15) is 5.82 Å². The van der Waals surface area contributed by atoms with Gasteiger partial charge in [-0.25, -0.2) is 4.39 Å². The molecule has 1 aromatic carbocycles. The van der Waals surface area contributed by atoms with Crippen LogP contribution < -0.4 is 5.73 Å². The predicted octanol–water partition coefficient (Wildman–Crippen LogP) is 2.33. The Morgan fingerprint density at radius 2 is 2.11 bits per heavy atom. The summed E-state index contributed by atoms with van der Waals surface area (Å²) in [6.45, 7) is 7.54. The number of hydrogen-bond acceptors (Lipinski definition) is 3. The van der Waals surface area contributed by atoms with Gasteiger partial charge < -0.3 is 10.5 Å². The first-order valence-electron chi connectivity index (χ1n) is 6.92. The van der Waals surface area contributed by atoms with E-state index in [1.54, 1.807) is 12.1 Å². The Hall–Kier alpha value is -0.970. The van der Waals surface area contributed by atoms with Crippen LogP contribution in [0.1, 0.15) is 31.9 Å². The summed E-state index contributed by atoms with van der Waals surface area (Å²) in [5.41, 5.74) is 7.12. The van der Waals surface area contributed by atoms with Gasteiger partial charge in [-0.2, -0.15) is 0 Å². The fraction of sp³-hybridized carbons (Fsp3) is 0.600. The van der Waals surface area contributed by atoms with E-state index >= 15 is 0 Å². The monoisotopic (exact) mass is 266 g/mol. The quantitative estimate of drug-likeness (QED) is 0.909. The summed E-state index contributed by atoms with van der Waals surface area (Å²) in [6, 6.07) is 6.42. The second-order valence-corrected chi connectivity index (χ2v) is 5.34. The minimum Gasteiger partial charge on any atom is -0.379 e. The van der Waals surface area contributed by atoms with Gasteiger partial charge >= 0.3 is 0 Å². The van der Waals surface area contributed by atoms with Crippen LogP contribution in [0.2, 0.25) is 0 Å². The number of halogens is 1. The van der Waals surface area contributed by atoms with Crippen molar-refractivity contribution in [2.75, 3.05) is 26.3 Å². The average Bonchev–Trinajstić information content (AvgIpc) is 2.46. The summed E-state index contributed by atoms with van der Waals surface area (Å²) in [4.78, 5) is 2.37. The van der Waals surface area contributed by atoms with Crippen molar-refractivity contribution in [3.8, 4) is 0 Å². The molecule has 1 heterocycles. The number of nitrogens with zero attached hydrogens (tertiary/aromatic N) is 1. The Bertz CT molecular complexity index is 420. The normalized spacial score (nSPS) is 21.9. The van der Waals surface area contributed by atoms with Crippen LogP contribution in [0.4, 0.5) is 4.39 Å². The maximum absolute atomic E-state index is 13.4. The Morgan fingerprint density at radius 1 is 1.42 bits per heavy atom. The van der Waals surface area contributed by atoms with E-state index in [0.29, 0.717) is 0 Å². The molecule has 106 valence electrons. The van der Waals surface area contributed by atoms with Crippen molar-refractivity contribution in [1.82, 2.24) is 4.90 Å². The smallest absolute Gasteiger partial charge is 0.123 e. The van der Waals surface area contributed by atoms with Crippen LogP contribution in [-0.2, 0) is 4.74 Å². The third kappa shape index (κ3) is 2.96. The highest BCUT2D eigenvalue weighted by atomic mass is 19.1. The van der Waals surface area contributed by atoms with Gasteiger partial charge in [-0.1, -0.05) is 19.1 Å². The van der Waals surface area contributed by atoms with Gasteiger partial charge in [0, 0.05) is 24.7 Å². The largest absolute Gasteiger partial charge is 0.379 e. The van der Waals surface area contributed by atoms with Crippen LogP contribution in [0.15, 0.2) is 24.3 Å². The second kappa shape index (κ2) is 5.99. The Labute approximate surface area is 114 Å². The Kier molecular flexibility index (Phi) is 4.55. The molecular weight excluding hydrogens is 243 g/mol. The van der Waals surface area contributed by atoms with Crippen LogP contribution >= 0.6 is 0 Å². The molecule has 3 nitrogen and oxygen atoms in total. The van der Waals surface area contributed by atoms with Crippen molar-refractivity contribution in [1.29, 1.82) is 0 Å². The molecule has 0 bridgehead atoms. The van der Waals surface area contributed by atoms with E-state index in [4.69, 9.17) is 10.5 Å². The van der Waals surface area contributed by atoms with Crippen molar-refractivity contribution in [3.05, 3.63) is 35.6 Å². The van der Waals surface area contributed by atoms with E-state index in [9.17, 15) is 4.39 Å². The van der Waals surface area contributed by atoms with Gasteiger partial charge in [0.15, 0.2) is 0 Å². The summed E-state index contributed by atoms with van der Waals surface area (Å²) < 4.78 is 18.8. The first-order valence-corrected chi connectivity index (χ1v) is 6.92. The number of hydrogen-bond donors (Lipinski definition) is 1. The molecular formula is C15H23FN2O. The van der Waals surface area contributed by atoms with E-state index in [1.165, 1.54) is 6.07 Å². The number of ether oxygens (including phenoxy) is 1. The maximum Gasteiger partial charge on any atom is 0.123 e. The van der Waals surface area contributed by atoms with Crippen LogP contribution in [0.5, 0.6) is 0 Å². The van der Waals surface area contributed by atoms with Gasteiger partial charge in [-0.3, -0.25) is 4.90 Å². The molecule has 0 aromatic heterocycles. The molecule has 1 aromatic rings. The van der Waals surface area contributed by atoms with Crippen LogP contribution in [0.25, 0.3) is 0 Å². The van der Waals surface area contributed by atoms with E-state index in [1.807, 2.05) is 6.07 Å². The fourth-order valence-corrected chi connectivity index (χ4v) is 2.77. The third-order valence-corrected chi connectivity index (χ3v) is 4.33. The molecule has 0 radical (unpaired) electrons. The van der Waals surface area contributed by atoms with Crippen molar-refractivity contribution in [2.45, 2.75) is 31.8 Å². The first-order chi connectivity index (χ1) is 9.08. The molecule has 0 amide bonds. The highest BCUT2D eigenvalue weighted by molar-refractivity contribution is 5.23. The van der Waals surface area contributed by atoms with E-state index in [-0.39, 0.29) is 17.4 Å². The molecule has 19 heavy (non-hydrogen) atoms. The summed E-state index contributed by atoms with van der Waals surface area (Å²) in [5, 5.41) is 0. The lowest BCUT2D eigenvalue weighted by molar-refractivity contribution is -0.0278. The predicted molar refractivity (Wildman–Crippen MR) is 74.4 cm³/mol. The number of rotatable bonds is 4. The van der Waals surface area contributed by atoms with E-state index in [2.05, 4.69) is 18.7 Å². The van der Waals surface area contributed by atoms with Crippen LogP contribution in [0, 0.1) is 5.82 Å². The fourth-order valence-electron chi connectivity index (χ4n) is 2.77. The van der Waals surface area contributed by atoms with Crippen LogP contribution in [-0.4, -0.2) is 36.7 Å². The molecule has 0 saturated carbocycles. The maximum atomic E-state index is 13.4. The molecule has 1 fully saturated rings. The molecule has 1 saturated heterocycles. The number of nitrogens with two attached hydrogens (primary N) is 1. The molecule has 2 N–H and O–H groups in total. The lowest BCUT2D eigenvalue weighted by atomic mass is 9.83. The summed E-state index contributed by atoms with van der Waals surface area (Å²) in [7, 11) is 0. The van der Waals surface area contributed by atoms with Gasteiger partial charge in [0.05, 0.1) is 13.2 Å². The molecule has 2 rings (SSSR count). The van der Waals surface area contributed by atoms with Gasteiger partial charge in [-0.05, 0) is 31.0 Å². The zero-order valence-corrected chi connectivity index (χ0v) is 11.7. The van der Waals surface area contributed by atoms with Gasteiger partial charge in [0.2, 0.25) is 0 Å². The Morgan fingerprint density at radius 3 is 2.68 bits per heavy atom. The minimum absolute atomic E-state index is 0.169. The van der Waals surface area contributed by atoms with Crippen molar-refractivity contribution >= 4 is 0 Å². The zero-order valence-electron chi connectivity index (χ0n) is 11.7. The van der Waals surface area contributed by atoms with Gasteiger partial charge in [-0.15, -0.1) is 0 Å². The van der Waals surface area contributed by atoms with Gasteiger partial charge in [0.25, 0.3) is 0 Å². The standard InChI is InChI=1S/C15H23FN2O/c1-3-15(2,18-7-9-19-10-8-18)14(17)12-5-4-6-13(16)11-12/h4-6,11,14H,3,7-10,17H2,1-2H3. The lowest BCUT2D eigenvalue weighted by Crippen LogP contribution is -2.56. The molecule has 4 heteroatoms. The van der Waals surface area contributed by atoms with Crippen molar-refractivity contribution < 1.29 is 9.13 Å². The number of morpholine rings is 1. The van der Waals surface area contributed by atoms with Crippen molar-refractivity contribution in [3.63, 3.8) is 0 Å². The lowest BCUT2D eigenvalue weighted by Gasteiger charge is -2.46. The molecule has 0 spiro atoms. The topological polar surface area (TPSA) is 38.5 Å². The number of benzene rings is 1. The average molecular weight is 266 g/mol. The zero-order chi connectivity index (χ0) is 13.9. The molecule has 1 aliphatic heterocycles. The highest BCUT2D eigenvalue weighted by Gasteiger charge is 2.37. The summed E-state index contributed by atoms with van der Waals surface area (Å²) in [6.07, 6.45) is 0.921. The highest BCUT2D eigenvalue weighted by Crippen LogP contribution is 2.33. The summed E-state index contributed by atoms with van der Waals surface area (Å²) in [5.74, 6) is -0.228. The molecule has 0 aliphatic carbocycles. The second-order valence-electron chi connectivity index (χ2n) is 5.34. The SMILES string of the molecule is CCC(C)(C(N)c1cccc(F)c1)N1CCOCC1. The first kappa shape index (κ1) is 14.4. The Balaban J connectivity index is 2.24. The molecule has 2 unspecified atom stereocenters. The van der Waals surface area contributed by atoms with Crippen LogP contribution in [0.3, 0.4) is 0 Å². The van der Waals surface area contributed by atoms with Crippen molar-refractivity contribution in [2.24, 2.45) is 5.73 Å². The van der Waals surface area contributed by atoms with E-state index in [0.717, 1.165) is 38.3 Å². The molecule has 2 atom stereocenters. The minimum atomic E-state index is -0.228. The molecule has 1 aliphatic rings. The van der Waals surface area contributed by atoms with E-state index < -0.39 is 0 Å². The third-order valence-electron chi connectivity index (χ3n) is 4.33. The summed E-state index contributed by atoms with van der Waals surface area (Å²) >= 11 is 0.